The second kappa shape index (κ2) is 4.32. The number of nitrogens with zero attached hydrogens (tertiary/aromatic N) is 6. The third-order valence-electron chi connectivity index (χ3n) is 2.26. The van der Waals surface area contributed by atoms with Crippen LogP contribution in [0.15, 0.2) is 6.20 Å². The highest BCUT2D eigenvalue weighted by molar-refractivity contribution is 5.84. The van der Waals surface area contributed by atoms with Gasteiger partial charge in [0.15, 0.2) is 5.69 Å². The van der Waals surface area contributed by atoms with E-state index in [0.717, 1.165) is 5.82 Å². The Morgan fingerprint density at radius 3 is 2.71 bits per heavy atom. The maximum Gasteiger partial charge on any atom is 0.358 e. The highest BCUT2D eigenvalue weighted by Crippen LogP contribution is 1.98. The van der Waals surface area contributed by atoms with Crippen LogP contribution >= 0.6 is 0 Å². The normalized spacial score (nSPS) is 10.7. The predicted octanol–water partition coefficient (Wildman–Crippen LogP) is -0.115. The minimum absolute atomic E-state index is 0.0588. The van der Waals surface area contributed by atoms with Crippen molar-refractivity contribution in [1.82, 2.24) is 29.8 Å². The van der Waals surface area contributed by atoms with Gasteiger partial charge < -0.3 is 5.11 Å². The fourth-order valence-electron chi connectivity index (χ4n) is 1.48. The first-order valence-electron chi connectivity index (χ1n) is 5.08. The lowest BCUT2D eigenvalue weighted by atomic mass is 10.5. The smallest absolute Gasteiger partial charge is 0.358 e. The van der Waals surface area contributed by atoms with E-state index in [4.69, 9.17) is 5.11 Å². The van der Waals surface area contributed by atoms with Gasteiger partial charge in [0.25, 0.3) is 0 Å². The topological polar surface area (TPSA) is 98.7 Å². The summed E-state index contributed by atoms with van der Waals surface area (Å²) in [4.78, 5) is 14.8. The van der Waals surface area contributed by atoms with E-state index in [1.807, 2.05) is 13.8 Å². The Morgan fingerprint density at radius 2 is 2.18 bits per heavy atom. The highest BCUT2D eigenvalue weighted by atomic mass is 16.4. The molecule has 2 rings (SSSR count). The minimum atomic E-state index is -1.08. The molecule has 8 heteroatoms. The standard InChI is InChI=1S/C9H12N6O2/c1-6-10-7(2)15(12-6)4-3-14-5-8(9(16)17)11-13-14/h5H,3-4H2,1-2H3,(H,16,17). The van der Waals surface area contributed by atoms with Gasteiger partial charge in [-0.1, -0.05) is 5.21 Å². The zero-order valence-electron chi connectivity index (χ0n) is 9.53. The first kappa shape index (κ1) is 11.2. The van der Waals surface area contributed by atoms with Gasteiger partial charge in [-0.15, -0.1) is 5.10 Å². The summed E-state index contributed by atoms with van der Waals surface area (Å²) < 4.78 is 3.22. The van der Waals surface area contributed by atoms with Crippen LogP contribution in [0.4, 0.5) is 0 Å². The molecule has 0 bridgehead atoms. The Labute approximate surface area is 96.9 Å². The number of aromatic carboxylic acids is 1. The second-order valence-corrected chi connectivity index (χ2v) is 3.60. The van der Waals surface area contributed by atoms with Gasteiger partial charge in [-0.05, 0) is 13.8 Å². The van der Waals surface area contributed by atoms with Crippen molar-refractivity contribution in [3.05, 3.63) is 23.5 Å². The monoisotopic (exact) mass is 236 g/mol. The average molecular weight is 236 g/mol. The van der Waals surface area contributed by atoms with Crippen LogP contribution in [0.25, 0.3) is 0 Å². The molecule has 0 fully saturated rings. The van der Waals surface area contributed by atoms with Crippen molar-refractivity contribution in [2.45, 2.75) is 26.9 Å². The molecule has 2 aromatic rings. The number of carboxylic acid groups (broad SMARTS) is 1. The lowest BCUT2D eigenvalue weighted by Gasteiger charge is -2.01. The first-order valence-corrected chi connectivity index (χ1v) is 5.08. The summed E-state index contributed by atoms with van der Waals surface area (Å²) in [5.74, 6) is 0.456. The van der Waals surface area contributed by atoms with Crippen LogP contribution < -0.4 is 0 Å². The van der Waals surface area contributed by atoms with Crippen LogP contribution in [0, 0.1) is 13.8 Å². The highest BCUT2D eigenvalue weighted by Gasteiger charge is 2.08. The molecule has 0 atom stereocenters. The number of aromatic nitrogens is 6. The van der Waals surface area contributed by atoms with Gasteiger partial charge in [0.05, 0.1) is 19.3 Å². The summed E-state index contributed by atoms with van der Waals surface area (Å²) in [7, 11) is 0. The van der Waals surface area contributed by atoms with E-state index in [9.17, 15) is 4.79 Å². The molecule has 0 saturated heterocycles. The van der Waals surface area contributed by atoms with Crippen molar-refractivity contribution in [2.75, 3.05) is 0 Å². The number of aryl methyl sites for hydroxylation is 4. The predicted molar refractivity (Wildman–Crippen MR) is 56.5 cm³/mol. The summed E-state index contributed by atoms with van der Waals surface area (Å²) >= 11 is 0. The van der Waals surface area contributed by atoms with E-state index in [1.165, 1.54) is 10.9 Å². The first-order chi connectivity index (χ1) is 8.06. The molecule has 8 nitrogen and oxygen atoms in total. The molecular formula is C9H12N6O2. The Bertz CT molecular complexity index is 543. The van der Waals surface area contributed by atoms with Crippen molar-refractivity contribution < 1.29 is 9.90 Å². The molecule has 0 spiro atoms. The van der Waals surface area contributed by atoms with Crippen LogP contribution in [0.3, 0.4) is 0 Å². The number of carboxylic acids is 1. The van der Waals surface area contributed by atoms with Crippen molar-refractivity contribution in [2.24, 2.45) is 0 Å². The number of hydrogen-bond acceptors (Lipinski definition) is 5. The van der Waals surface area contributed by atoms with Gasteiger partial charge >= 0.3 is 5.97 Å². The summed E-state index contributed by atoms with van der Waals surface area (Å²) in [5, 5.41) is 20.1. The quantitative estimate of drug-likeness (QED) is 0.794. The molecule has 0 radical (unpaired) electrons. The van der Waals surface area contributed by atoms with Crippen molar-refractivity contribution in [3.8, 4) is 0 Å². The SMILES string of the molecule is Cc1nc(C)n(CCn2cc(C(=O)O)nn2)n1. The van der Waals surface area contributed by atoms with E-state index in [1.54, 1.807) is 4.68 Å². The third kappa shape index (κ3) is 2.47. The average Bonchev–Trinajstić information content (AvgIpc) is 2.82. The van der Waals surface area contributed by atoms with Gasteiger partial charge in [0.2, 0.25) is 0 Å². The minimum Gasteiger partial charge on any atom is -0.476 e. The van der Waals surface area contributed by atoms with Crippen LogP contribution in [0.2, 0.25) is 0 Å². The van der Waals surface area contributed by atoms with Crippen LogP contribution in [-0.4, -0.2) is 40.8 Å². The van der Waals surface area contributed by atoms with Crippen molar-refractivity contribution >= 4 is 5.97 Å². The zero-order valence-corrected chi connectivity index (χ0v) is 9.53. The fourth-order valence-corrected chi connectivity index (χ4v) is 1.48. The third-order valence-corrected chi connectivity index (χ3v) is 2.26. The van der Waals surface area contributed by atoms with Gasteiger partial charge in [0.1, 0.15) is 11.6 Å². The summed E-state index contributed by atoms with van der Waals surface area (Å²) in [6.07, 6.45) is 1.39. The van der Waals surface area contributed by atoms with E-state index >= 15 is 0 Å². The lowest BCUT2D eigenvalue weighted by molar-refractivity contribution is 0.0690. The Morgan fingerprint density at radius 1 is 1.41 bits per heavy atom. The van der Waals surface area contributed by atoms with E-state index in [0.29, 0.717) is 18.9 Å². The largest absolute Gasteiger partial charge is 0.476 e. The van der Waals surface area contributed by atoms with E-state index in [2.05, 4.69) is 20.4 Å². The van der Waals surface area contributed by atoms with Crippen LogP contribution in [0.1, 0.15) is 22.1 Å². The molecule has 0 unspecified atom stereocenters. The van der Waals surface area contributed by atoms with Crippen molar-refractivity contribution in [1.29, 1.82) is 0 Å². The maximum atomic E-state index is 10.6. The van der Waals surface area contributed by atoms with Gasteiger partial charge in [-0.3, -0.25) is 0 Å². The number of hydrogen-bond donors (Lipinski definition) is 1. The molecule has 0 amide bonds. The van der Waals surface area contributed by atoms with E-state index < -0.39 is 5.97 Å². The number of carbonyl (C=O) groups is 1. The molecule has 1 N–H and O–H groups in total. The molecular weight excluding hydrogens is 224 g/mol. The van der Waals surface area contributed by atoms with Gasteiger partial charge in [-0.2, -0.15) is 5.10 Å². The number of rotatable bonds is 4. The second-order valence-electron chi connectivity index (χ2n) is 3.60. The molecule has 0 aliphatic carbocycles. The summed E-state index contributed by atoms with van der Waals surface area (Å²) in [6, 6.07) is 0. The van der Waals surface area contributed by atoms with E-state index in [-0.39, 0.29) is 5.69 Å². The molecule has 90 valence electrons. The maximum absolute atomic E-state index is 10.6. The van der Waals surface area contributed by atoms with Crippen molar-refractivity contribution in [3.63, 3.8) is 0 Å². The molecule has 17 heavy (non-hydrogen) atoms. The molecule has 0 aliphatic heterocycles. The molecule has 2 heterocycles. The Balaban J connectivity index is 2.02. The van der Waals surface area contributed by atoms with Gasteiger partial charge in [0, 0.05) is 0 Å². The molecule has 0 aliphatic rings. The molecule has 2 aromatic heterocycles. The summed E-state index contributed by atoms with van der Waals surface area (Å²) in [5.41, 5.74) is -0.0588. The van der Waals surface area contributed by atoms with Gasteiger partial charge in [-0.25, -0.2) is 19.1 Å². The lowest BCUT2D eigenvalue weighted by Crippen LogP contribution is -2.10. The fraction of sp³-hybridized carbons (Fsp3) is 0.444. The zero-order chi connectivity index (χ0) is 12.4. The van der Waals surface area contributed by atoms with Crippen LogP contribution in [0.5, 0.6) is 0 Å². The Hall–Kier alpha value is -2.25. The molecule has 0 saturated carbocycles. The van der Waals surface area contributed by atoms with Crippen LogP contribution in [-0.2, 0) is 13.1 Å². The molecule has 0 aromatic carbocycles. The summed E-state index contributed by atoms with van der Waals surface area (Å²) in [6.45, 7) is 4.77. The Kier molecular flexibility index (Phi) is 2.86.